The highest BCUT2D eigenvalue weighted by Gasteiger charge is 2.18. The predicted octanol–water partition coefficient (Wildman–Crippen LogP) is 2.29. The first-order valence-corrected chi connectivity index (χ1v) is 7.13. The van der Waals surface area contributed by atoms with E-state index >= 15 is 0 Å². The lowest BCUT2D eigenvalue weighted by atomic mass is 10.1. The SMILES string of the molecule is CCc1nn(CC)c(CC(O)c2cncnc2)c1Br. The summed E-state index contributed by atoms with van der Waals surface area (Å²) in [5.74, 6) is 0. The molecule has 0 amide bonds. The second kappa shape index (κ2) is 6.25. The number of aliphatic hydroxyl groups is 1. The summed E-state index contributed by atoms with van der Waals surface area (Å²) >= 11 is 3.58. The third-order valence-corrected chi connectivity index (χ3v) is 3.96. The van der Waals surface area contributed by atoms with Gasteiger partial charge in [-0.25, -0.2) is 9.97 Å². The van der Waals surface area contributed by atoms with Crippen LogP contribution >= 0.6 is 15.9 Å². The van der Waals surface area contributed by atoms with Crippen molar-refractivity contribution in [2.24, 2.45) is 0 Å². The van der Waals surface area contributed by atoms with Crippen LogP contribution in [-0.2, 0) is 19.4 Å². The monoisotopic (exact) mass is 324 g/mol. The molecular formula is C13H17BrN4O. The van der Waals surface area contributed by atoms with Crippen LogP contribution in [-0.4, -0.2) is 24.9 Å². The van der Waals surface area contributed by atoms with Crippen LogP contribution in [0.3, 0.4) is 0 Å². The van der Waals surface area contributed by atoms with Gasteiger partial charge < -0.3 is 5.11 Å². The predicted molar refractivity (Wildman–Crippen MR) is 75.7 cm³/mol. The van der Waals surface area contributed by atoms with E-state index in [1.807, 2.05) is 11.6 Å². The summed E-state index contributed by atoms with van der Waals surface area (Å²) in [6.45, 7) is 4.89. The fraction of sp³-hybridized carbons (Fsp3) is 0.462. The molecular weight excluding hydrogens is 308 g/mol. The Kier molecular flexibility index (Phi) is 4.66. The molecule has 0 aliphatic heterocycles. The molecule has 0 radical (unpaired) electrons. The number of nitrogens with zero attached hydrogens (tertiary/aromatic N) is 4. The van der Waals surface area contributed by atoms with E-state index in [1.165, 1.54) is 6.33 Å². The van der Waals surface area contributed by atoms with Gasteiger partial charge in [-0.15, -0.1) is 0 Å². The molecule has 0 spiro atoms. The maximum absolute atomic E-state index is 10.3. The van der Waals surface area contributed by atoms with E-state index in [0.29, 0.717) is 6.42 Å². The molecule has 2 rings (SSSR count). The van der Waals surface area contributed by atoms with Gasteiger partial charge in [-0.1, -0.05) is 6.92 Å². The van der Waals surface area contributed by atoms with Crippen molar-refractivity contribution in [1.82, 2.24) is 19.7 Å². The summed E-state index contributed by atoms with van der Waals surface area (Å²) < 4.78 is 2.92. The fourth-order valence-electron chi connectivity index (χ4n) is 2.00. The number of aliphatic hydroxyl groups excluding tert-OH is 1. The van der Waals surface area contributed by atoms with Crippen LogP contribution in [0.15, 0.2) is 23.2 Å². The van der Waals surface area contributed by atoms with Crippen molar-refractivity contribution in [2.75, 3.05) is 0 Å². The molecule has 0 aromatic carbocycles. The Hall–Kier alpha value is -1.27. The molecule has 1 unspecified atom stereocenters. The van der Waals surface area contributed by atoms with Gasteiger partial charge in [0.1, 0.15) is 6.33 Å². The first-order valence-electron chi connectivity index (χ1n) is 6.34. The van der Waals surface area contributed by atoms with E-state index in [2.05, 4.69) is 37.9 Å². The van der Waals surface area contributed by atoms with Gasteiger partial charge in [0.05, 0.1) is 22.0 Å². The molecule has 19 heavy (non-hydrogen) atoms. The smallest absolute Gasteiger partial charge is 0.115 e. The minimum Gasteiger partial charge on any atom is -0.388 e. The minimum atomic E-state index is -0.621. The van der Waals surface area contributed by atoms with Gasteiger partial charge in [-0.05, 0) is 29.3 Å². The number of hydrogen-bond donors (Lipinski definition) is 1. The lowest BCUT2D eigenvalue weighted by molar-refractivity contribution is 0.174. The van der Waals surface area contributed by atoms with Crippen molar-refractivity contribution in [2.45, 2.75) is 39.3 Å². The Morgan fingerprint density at radius 1 is 1.32 bits per heavy atom. The summed E-state index contributed by atoms with van der Waals surface area (Å²) in [6, 6.07) is 0. The molecule has 0 fully saturated rings. The van der Waals surface area contributed by atoms with Crippen molar-refractivity contribution in [3.05, 3.63) is 40.1 Å². The number of hydrogen-bond acceptors (Lipinski definition) is 4. The molecule has 102 valence electrons. The average molecular weight is 325 g/mol. The number of aryl methyl sites for hydroxylation is 2. The van der Waals surface area contributed by atoms with Gasteiger partial charge in [0, 0.05) is 30.9 Å². The highest BCUT2D eigenvalue weighted by Crippen LogP contribution is 2.26. The number of halogens is 1. The zero-order valence-electron chi connectivity index (χ0n) is 11.0. The Labute approximate surface area is 120 Å². The quantitative estimate of drug-likeness (QED) is 0.916. The normalized spacial score (nSPS) is 12.6. The summed E-state index contributed by atoms with van der Waals surface area (Å²) in [5, 5.41) is 14.8. The van der Waals surface area contributed by atoms with Crippen LogP contribution in [0.5, 0.6) is 0 Å². The molecule has 0 saturated heterocycles. The van der Waals surface area contributed by atoms with Crippen LogP contribution in [0.25, 0.3) is 0 Å². The molecule has 1 N–H and O–H groups in total. The Balaban J connectivity index is 2.26. The molecule has 6 heteroatoms. The highest BCUT2D eigenvalue weighted by molar-refractivity contribution is 9.10. The third kappa shape index (κ3) is 3.01. The van der Waals surface area contributed by atoms with Crippen LogP contribution in [0.4, 0.5) is 0 Å². The van der Waals surface area contributed by atoms with Crippen LogP contribution < -0.4 is 0 Å². The first-order chi connectivity index (χ1) is 9.17. The first kappa shape index (κ1) is 14.1. The summed E-state index contributed by atoms with van der Waals surface area (Å²) in [7, 11) is 0. The highest BCUT2D eigenvalue weighted by atomic mass is 79.9. The zero-order chi connectivity index (χ0) is 13.8. The molecule has 0 saturated carbocycles. The largest absolute Gasteiger partial charge is 0.388 e. The van der Waals surface area contributed by atoms with E-state index in [4.69, 9.17) is 0 Å². The topological polar surface area (TPSA) is 63.8 Å². The average Bonchev–Trinajstić information content (AvgIpc) is 2.76. The van der Waals surface area contributed by atoms with Gasteiger partial charge in [-0.2, -0.15) is 5.10 Å². The van der Waals surface area contributed by atoms with E-state index in [9.17, 15) is 5.11 Å². The van der Waals surface area contributed by atoms with Gasteiger partial charge in [-0.3, -0.25) is 4.68 Å². The Bertz CT molecular complexity index is 541. The van der Waals surface area contributed by atoms with Crippen molar-refractivity contribution >= 4 is 15.9 Å². The second-order valence-electron chi connectivity index (χ2n) is 4.27. The van der Waals surface area contributed by atoms with Crippen molar-refractivity contribution in [3.63, 3.8) is 0 Å². The standard InChI is InChI=1S/C13H17BrN4O/c1-3-10-13(14)11(18(4-2)17-10)5-12(19)9-6-15-8-16-7-9/h6-8,12,19H,3-5H2,1-2H3. The van der Waals surface area contributed by atoms with Crippen LogP contribution in [0.2, 0.25) is 0 Å². The lowest BCUT2D eigenvalue weighted by Gasteiger charge is -2.11. The maximum Gasteiger partial charge on any atom is 0.115 e. The fourth-order valence-corrected chi connectivity index (χ4v) is 2.72. The van der Waals surface area contributed by atoms with Gasteiger partial charge in [0.2, 0.25) is 0 Å². The molecule has 2 aromatic heterocycles. The zero-order valence-corrected chi connectivity index (χ0v) is 12.6. The van der Waals surface area contributed by atoms with Crippen LogP contribution in [0, 0.1) is 0 Å². The molecule has 1 atom stereocenters. The molecule has 0 aliphatic carbocycles. The molecule has 0 bridgehead atoms. The Morgan fingerprint density at radius 2 is 2.00 bits per heavy atom. The van der Waals surface area contributed by atoms with Gasteiger partial charge >= 0.3 is 0 Å². The molecule has 0 aliphatic rings. The summed E-state index contributed by atoms with van der Waals surface area (Å²) in [5.41, 5.74) is 2.75. The van der Waals surface area contributed by atoms with Crippen molar-refractivity contribution in [1.29, 1.82) is 0 Å². The van der Waals surface area contributed by atoms with Gasteiger partial charge in [0.15, 0.2) is 0 Å². The molecule has 2 aromatic rings. The third-order valence-electron chi connectivity index (χ3n) is 3.05. The maximum atomic E-state index is 10.3. The second-order valence-corrected chi connectivity index (χ2v) is 5.06. The Morgan fingerprint density at radius 3 is 2.58 bits per heavy atom. The molecule has 5 nitrogen and oxygen atoms in total. The van der Waals surface area contributed by atoms with E-state index in [1.54, 1.807) is 12.4 Å². The van der Waals surface area contributed by atoms with E-state index in [-0.39, 0.29) is 0 Å². The van der Waals surface area contributed by atoms with E-state index < -0.39 is 6.10 Å². The minimum absolute atomic E-state index is 0.495. The molecule has 2 heterocycles. The van der Waals surface area contributed by atoms with Crippen molar-refractivity contribution in [3.8, 4) is 0 Å². The van der Waals surface area contributed by atoms with E-state index in [0.717, 1.165) is 34.4 Å². The van der Waals surface area contributed by atoms with Crippen LogP contribution in [0.1, 0.15) is 36.9 Å². The van der Waals surface area contributed by atoms with Crippen molar-refractivity contribution < 1.29 is 5.11 Å². The summed E-state index contributed by atoms with van der Waals surface area (Å²) in [4.78, 5) is 7.86. The lowest BCUT2D eigenvalue weighted by Crippen LogP contribution is -2.09. The number of aromatic nitrogens is 4. The van der Waals surface area contributed by atoms with Gasteiger partial charge in [0.25, 0.3) is 0 Å². The summed E-state index contributed by atoms with van der Waals surface area (Å²) in [6.07, 6.45) is 5.47. The number of rotatable bonds is 5.